The molecule has 2 aromatic rings. The molecular weight excluding hydrogens is 394 g/mol. The van der Waals surface area contributed by atoms with Crippen molar-refractivity contribution in [2.45, 2.75) is 13.0 Å². The zero-order chi connectivity index (χ0) is 19.6. The highest BCUT2D eigenvalue weighted by molar-refractivity contribution is 8.02. The van der Waals surface area contributed by atoms with Gasteiger partial charge in [-0.1, -0.05) is 23.7 Å². The lowest BCUT2D eigenvalue weighted by Gasteiger charge is -2.17. The summed E-state index contributed by atoms with van der Waals surface area (Å²) in [7, 11) is 0. The molecule has 4 nitrogen and oxygen atoms in total. The van der Waals surface area contributed by atoms with Crippen molar-refractivity contribution in [3.05, 3.63) is 80.9 Å². The van der Waals surface area contributed by atoms with Gasteiger partial charge in [0.2, 0.25) is 0 Å². The summed E-state index contributed by atoms with van der Waals surface area (Å²) in [5, 5.41) is 0.627. The summed E-state index contributed by atoms with van der Waals surface area (Å²) in [5.41, 5.74) is 8.81. The maximum Gasteiger partial charge on any atom is 0.254 e. The van der Waals surface area contributed by atoms with Gasteiger partial charge in [-0.25, -0.2) is 13.2 Å². The number of rotatable bonds is 5. The van der Waals surface area contributed by atoms with E-state index >= 15 is 0 Å². The van der Waals surface area contributed by atoms with E-state index in [1.807, 2.05) is 12.1 Å². The van der Waals surface area contributed by atoms with E-state index in [0.717, 1.165) is 29.6 Å². The fraction of sp³-hybridized carbons (Fsp3) is 0.105. The van der Waals surface area contributed by atoms with Gasteiger partial charge in [0.15, 0.2) is 11.6 Å². The summed E-state index contributed by atoms with van der Waals surface area (Å²) in [6.07, 6.45) is 1.06. The first-order chi connectivity index (χ1) is 12.9. The van der Waals surface area contributed by atoms with Crippen LogP contribution in [0.4, 0.5) is 8.78 Å². The van der Waals surface area contributed by atoms with Crippen molar-refractivity contribution in [1.29, 1.82) is 0 Å². The molecule has 27 heavy (non-hydrogen) atoms. The lowest BCUT2D eigenvalue weighted by molar-refractivity contribution is 0.0990. The van der Waals surface area contributed by atoms with Crippen LogP contribution in [-0.4, -0.2) is 17.7 Å². The SMILES string of the molecule is CC(Oc1ccc(F)c(C(N)=O)c1F)C1=C=CC(c2ccc(Cl)cc2)=NS1. The molecule has 0 saturated heterocycles. The minimum atomic E-state index is -1.20. The third-order valence-corrected chi connectivity index (χ3v) is 4.89. The molecule has 0 saturated carbocycles. The third-order valence-electron chi connectivity index (χ3n) is 3.71. The van der Waals surface area contributed by atoms with E-state index in [-0.39, 0.29) is 5.75 Å². The Morgan fingerprint density at radius 2 is 1.96 bits per heavy atom. The predicted molar refractivity (Wildman–Crippen MR) is 102 cm³/mol. The molecule has 0 radical (unpaired) electrons. The van der Waals surface area contributed by atoms with Crippen LogP contribution >= 0.6 is 23.5 Å². The van der Waals surface area contributed by atoms with Gasteiger partial charge in [-0.05, 0) is 31.2 Å². The molecule has 1 heterocycles. The Morgan fingerprint density at radius 3 is 2.56 bits per heavy atom. The van der Waals surface area contributed by atoms with Gasteiger partial charge in [0, 0.05) is 28.6 Å². The van der Waals surface area contributed by atoms with Gasteiger partial charge in [0.1, 0.15) is 17.5 Å². The highest BCUT2D eigenvalue weighted by Gasteiger charge is 2.22. The van der Waals surface area contributed by atoms with Crippen LogP contribution in [0.25, 0.3) is 0 Å². The van der Waals surface area contributed by atoms with Gasteiger partial charge in [0.05, 0.1) is 10.6 Å². The highest BCUT2D eigenvalue weighted by atomic mass is 35.5. The number of ether oxygens (including phenoxy) is 1. The number of amides is 1. The van der Waals surface area contributed by atoms with Crippen LogP contribution in [-0.2, 0) is 0 Å². The number of nitrogens with zero attached hydrogens (tertiary/aromatic N) is 1. The highest BCUT2D eigenvalue weighted by Crippen LogP contribution is 2.30. The molecule has 1 atom stereocenters. The molecule has 0 fully saturated rings. The Balaban J connectivity index is 1.79. The molecule has 2 N–H and O–H groups in total. The maximum absolute atomic E-state index is 14.3. The smallest absolute Gasteiger partial charge is 0.254 e. The van der Waals surface area contributed by atoms with Crippen molar-refractivity contribution in [2.24, 2.45) is 10.1 Å². The van der Waals surface area contributed by atoms with Crippen LogP contribution in [0, 0.1) is 11.6 Å². The Labute approximate surface area is 163 Å². The van der Waals surface area contributed by atoms with Crippen LogP contribution in [0.2, 0.25) is 5.02 Å². The van der Waals surface area contributed by atoms with Gasteiger partial charge in [-0.2, -0.15) is 0 Å². The summed E-state index contributed by atoms with van der Waals surface area (Å²) in [5.74, 6) is -3.65. The monoisotopic (exact) mass is 406 g/mol. The van der Waals surface area contributed by atoms with Crippen molar-refractivity contribution in [2.75, 3.05) is 0 Å². The molecule has 2 aromatic carbocycles. The molecule has 0 spiro atoms. The van der Waals surface area contributed by atoms with Gasteiger partial charge in [-0.15, -0.1) is 5.73 Å². The summed E-state index contributed by atoms with van der Waals surface area (Å²) >= 11 is 7.00. The van der Waals surface area contributed by atoms with E-state index in [0.29, 0.717) is 15.6 Å². The number of primary amides is 1. The molecule has 1 aliphatic rings. The number of halogens is 3. The second-order valence-electron chi connectivity index (χ2n) is 5.59. The van der Waals surface area contributed by atoms with Crippen molar-refractivity contribution >= 4 is 35.2 Å². The third kappa shape index (κ3) is 4.22. The first-order valence-electron chi connectivity index (χ1n) is 7.79. The number of benzene rings is 2. The molecule has 3 rings (SSSR count). The zero-order valence-electron chi connectivity index (χ0n) is 14.0. The molecule has 1 unspecified atom stereocenters. The quantitative estimate of drug-likeness (QED) is 0.579. The Kier molecular flexibility index (Phi) is 5.65. The van der Waals surface area contributed by atoms with Crippen molar-refractivity contribution < 1.29 is 18.3 Å². The van der Waals surface area contributed by atoms with Crippen LogP contribution in [0.1, 0.15) is 22.8 Å². The number of carbonyl (C=O) groups excluding carboxylic acids is 1. The molecule has 0 aromatic heterocycles. The predicted octanol–water partition coefficient (Wildman–Crippen LogP) is 4.67. The Morgan fingerprint density at radius 1 is 1.26 bits per heavy atom. The van der Waals surface area contributed by atoms with E-state index in [1.54, 1.807) is 25.1 Å². The molecule has 8 heteroatoms. The topological polar surface area (TPSA) is 64.7 Å². The average molecular weight is 407 g/mol. The minimum Gasteiger partial charge on any atom is -0.482 e. The van der Waals surface area contributed by atoms with E-state index < -0.39 is 29.2 Å². The maximum atomic E-state index is 14.3. The molecule has 0 aliphatic carbocycles. The average Bonchev–Trinajstić information content (AvgIpc) is 2.64. The normalized spacial score (nSPS) is 14.4. The lowest BCUT2D eigenvalue weighted by Crippen LogP contribution is -2.19. The molecule has 0 bridgehead atoms. The summed E-state index contributed by atoms with van der Waals surface area (Å²) in [6, 6.07) is 9.23. The second-order valence-corrected chi connectivity index (χ2v) is 6.83. The molecular formula is C19H13ClF2N2O2S. The van der Waals surface area contributed by atoms with Crippen LogP contribution < -0.4 is 10.5 Å². The van der Waals surface area contributed by atoms with Crippen molar-refractivity contribution in [3.8, 4) is 5.75 Å². The zero-order valence-corrected chi connectivity index (χ0v) is 15.6. The second kappa shape index (κ2) is 7.96. The largest absolute Gasteiger partial charge is 0.482 e. The van der Waals surface area contributed by atoms with Gasteiger partial charge >= 0.3 is 0 Å². The van der Waals surface area contributed by atoms with Crippen LogP contribution in [0.5, 0.6) is 5.75 Å². The molecule has 1 aliphatic heterocycles. The fourth-order valence-corrected chi connectivity index (χ4v) is 3.12. The van der Waals surface area contributed by atoms with Gasteiger partial charge in [-0.3, -0.25) is 4.79 Å². The Bertz CT molecular complexity index is 1000. The van der Waals surface area contributed by atoms with Crippen LogP contribution in [0.3, 0.4) is 0 Å². The summed E-state index contributed by atoms with van der Waals surface area (Å²) < 4.78 is 37.7. The van der Waals surface area contributed by atoms with E-state index in [1.165, 1.54) is 0 Å². The summed E-state index contributed by atoms with van der Waals surface area (Å²) in [4.78, 5) is 11.8. The Hall–Kier alpha value is -2.60. The van der Waals surface area contributed by atoms with Crippen molar-refractivity contribution in [1.82, 2.24) is 0 Å². The number of hydrogen-bond acceptors (Lipinski definition) is 4. The number of nitrogens with two attached hydrogens (primary N) is 1. The van der Waals surface area contributed by atoms with Crippen molar-refractivity contribution in [3.63, 3.8) is 0 Å². The summed E-state index contributed by atoms with van der Waals surface area (Å²) in [6.45, 7) is 1.67. The van der Waals surface area contributed by atoms with E-state index in [2.05, 4.69) is 10.1 Å². The van der Waals surface area contributed by atoms with Gasteiger partial charge < -0.3 is 10.5 Å². The number of carbonyl (C=O) groups is 1. The fourth-order valence-electron chi connectivity index (χ4n) is 2.33. The minimum absolute atomic E-state index is 0.278. The lowest BCUT2D eigenvalue weighted by atomic mass is 10.1. The first-order valence-corrected chi connectivity index (χ1v) is 8.94. The standard InChI is InChI=1S/C19H13ClF2N2O2S/c1-10(26-15-8-6-13(21)17(18(15)22)19(23)25)16-9-7-14(24-27-16)11-2-4-12(20)5-3-11/h2-8,10H,1H3,(H2,23,25). The number of hydrogen-bond donors (Lipinski definition) is 1. The van der Waals surface area contributed by atoms with Crippen LogP contribution in [0.15, 0.2) is 57.5 Å². The molecule has 1 amide bonds. The first kappa shape index (κ1) is 19.2. The van der Waals surface area contributed by atoms with E-state index in [4.69, 9.17) is 22.1 Å². The molecule has 138 valence electrons. The van der Waals surface area contributed by atoms with Gasteiger partial charge in [0.25, 0.3) is 5.91 Å². The van der Waals surface area contributed by atoms with E-state index in [9.17, 15) is 13.6 Å².